The number of benzene rings is 1. The molecular formula is C15H16N2O3. The lowest BCUT2D eigenvalue weighted by Crippen LogP contribution is -2.46. The van der Waals surface area contributed by atoms with Crippen LogP contribution in [-0.2, 0) is 9.53 Å². The van der Waals surface area contributed by atoms with Crippen LogP contribution in [0.15, 0.2) is 34.8 Å². The Balaban J connectivity index is 1.74. The number of hydrogen-bond donors (Lipinski definition) is 0. The van der Waals surface area contributed by atoms with E-state index in [0.717, 1.165) is 11.1 Å². The Morgan fingerprint density at radius 3 is 3.10 bits per heavy atom. The van der Waals surface area contributed by atoms with Crippen molar-refractivity contribution >= 4 is 23.1 Å². The summed E-state index contributed by atoms with van der Waals surface area (Å²) in [6.45, 7) is 3.78. The molecule has 104 valence electrons. The van der Waals surface area contributed by atoms with Crippen LogP contribution in [-0.4, -0.2) is 41.6 Å². The summed E-state index contributed by atoms with van der Waals surface area (Å²) >= 11 is 0. The number of carbonyl (C=O) groups excluding carboxylic acids is 1. The molecular weight excluding hydrogens is 256 g/mol. The summed E-state index contributed by atoms with van der Waals surface area (Å²) < 4.78 is 10.9. The lowest BCUT2D eigenvalue weighted by Gasteiger charge is -2.32. The minimum absolute atomic E-state index is 0.0388. The fourth-order valence-corrected chi connectivity index (χ4v) is 2.25. The summed E-state index contributed by atoms with van der Waals surface area (Å²) in [4.78, 5) is 18.2. The molecule has 2 aromatic rings. The molecule has 1 aliphatic heterocycles. The Kier molecular flexibility index (Phi) is 3.52. The maximum atomic E-state index is 12.1. The quantitative estimate of drug-likeness (QED) is 0.785. The third-order valence-electron chi connectivity index (χ3n) is 3.33. The highest BCUT2D eigenvalue weighted by Crippen LogP contribution is 2.16. The van der Waals surface area contributed by atoms with Crippen LogP contribution in [0.1, 0.15) is 12.8 Å². The molecule has 0 spiro atoms. The van der Waals surface area contributed by atoms with Gasteiger partial charge in [-0.15, -0.1) is 0 Å². The maximum absolute atomic E-state index is 12.1. The minimum atomic E-state index is -0.0388. The highest BCUT2D eigenvalue weighted by molar-refractivity contribution is 5.91. The summed E-state index contributed by atoms with van der Waals surface area (Å²) in [7, 11) is 0. The van der Waals surface area contributed by atoms with Crippen molar-refractivity contribution in [1.29, 1.82) is 0 Å². The summed E-state index contributed by atoms with van der Waals surface area (Å²) in [6.07, 6.45) is 3.12. The van der Waals surface area contributed by atoms with Gasteiger partial charge in [0, 0.05) is 18.7 Å². The molecule has 5 nitrogen and oxygen atoms in total. The molecule has 2 heterocycles. The van der Waals surface area contributed by atoms with E-state index in [9.17, 15) is 4.79 Å². The van der Waals surface area contributed by atoms with Crippen LogP contribution in [0, 0.1) is 0 Å². The highest BCUT2D eigenvalue weighted by Gasteiger charge is 2.21. The molecule has 0 bridgehead atoms. The molecule has 1 atom stereocenters. The summed E-state index contributed by atoms with van der Waals surface area (Å²) in [5.74, 6) is 0.406. The van der Waals surface area contributed by atoms with Crippen molar-refractivity contribution in [1.82, 2.24) is 9.88 Å². The molecule has 1 fully saturated rings. The van der Waals surface area contributed by atoms with Crippen molar-refractivity contribution in [3.8, 4) is 0 Å². The van der Waals surface area contributed by atoms with Crippen LogP contribution in [0.2, 0.25) is 0 Å². The van der Waals surface area contributed by atoms with Crippen LogP contribution in [0.4, 0.5) is 0 Å². The van der Waals surface area contributed by atoms with Crippen molar-refractivity contribution in [2.24, 2.45) is 0 Å². The molecule has 0 saturated carbocycles. The van der Waals surface area contributed by atoms with Gasteiger partial charge in [-0.05, 0) is 19.1 Å². The number of ether oxygens (including phenoxy) is 1. The van der Waals surface area contributed by atoms with Gasteiger partial charge in [-0.2, -0.15) is 0 Å². The topological polar surface area (TPSA) is 55.6 Å². The van der Waals surface area contributed by atoms with E-state index in [-0.39, 0.29) is 11.9 Å². The smallest absolute Gasteiger partial charge is 0.247 e. The molecule has 20 heavy (non-hydrogen) atoms. The third kappa shape index (κ3) is 2.58. The molecule has 1 aromatic carbocycles. The Labute approximate surface area is 116 Å². The largest absolute Gasteiger partial charge is 0.437 e. The van der Waals surface area contributed by atoms with Crippen LogP contribution < -0.4 is 0 Å². The first-order chi connectivity index (χ1) is 9.74. The van der Waals surface area contributed by atoms with Gasteiger partial charge < -0.3 is 14.1 Å². The lowest BCUT2D eigenvalue weighted by molar-refractivity contribution is -0.133. The van der Waals surface area contributed by atoms with E-state index >= 15 is 0 Å². The molecule has 0 radical (unpaired) electrons. The lowest BCUT2D eigenvalue weighted by atomic mass is 10.2. The third-order valence-corrected chi connectivity index (χ3v) is 3.33. The standard InChI is InChI=1S/C15H16N2O3/c1-11-10-19-9-8-17(11)15(18)7-6-14-16-12-4-2-3-5-13(12)20-14/h2-7,11H,8-10H2,1H3. The number of fused-ring (bicyclic) bond motifs is 1. The SMILES string of the molecule is CC1COCCN1C(=O)C=Cc1nc2ccccc2o1. The first-order valence-corrected chi connectivity index (χ1v) is 6.66. The van der Waals surface area contributed by atoms with Gasteiger partial charge in [-0.3, -0.25) is 4.79 Å². The number of hydrogen-bond acceptors (Lipinski definition) is 4. The van der Waals surface area contributed by atoms with Crippen LogP contribution in [0.3, 0.4) is 0 Å². The molecule has 5 heteroatoms. The summed E-state index contributed by atoms with van der Waals surface area (Å²) in [5, 5.41) is 0. The van der Waals surface area contributed by atoms with E-state index in [1.54, 1.807) is 11.0 Å². The molecule has 1 saturated heterocycles. The van der Waals surface area contributed by atoms with E-state index in [1.165, 1.54) is 6.08 Å². The van der Waals surface area contributed by atoms with Crippen molar-refractivity contribution < 1.29 is 13.9 Å². The zero-order valence-electron chi connectivity index (χ0n) is 11.3. The second-order valence-electron chi connectivity index (χ2n) is 4.81. The molecule has 0 aliphatic carbocycles. The van der Waals surface area contributed by atoms with Crippen molar-refractivity contribution in [2.45, 2.75) is 13.0 Å². The molecule has 1 amide bonds. The van der Waals surface area contributed by atoms with Gasteiger partial charge in [0.05, 0.1) is 19.3 Å². The fraction of sp³-hybridized carbons (Fsp3) is 0.333. The van der Waals surface area contributed by atoms with Gasteiger partial charge in [0.2, 0.25) is 11.8 Å². The second kappa shape index (κ2) is 5.46. The number of nitrogens with zero attached hydrogens (tertiary/aromatic N) is 2. The summed E-state index contributed by atoms with van der Waals surface area (Å²) in [5.41, 5.74) is 1.51. The average Bonchev–Trinajstić information content (AvgIpc) is 2.88. The molecule has 3 rings (SSSR count). The number of carbonyl (C=O) groups is 1. The number of oxazole rings is 1. The van der Waals surface area contributed by atoms with E-state index in [0.29, 0.717) is 25.6 Å². The van der Waals surface area contributed by atoms with Gasteiger partial charge in [0.25, 0.3) is 0 Å². The van der Waals surface area contributed by atoms with Gasteiger partial charge in [-0.1, -0.05) is 12.1 Å². The van der Waals surface area contributed by atoms with Gasteiger partial charge in [-0.25, -0.2) is 4.98 Å². The zero-order valence-corrected chi connectivity index (χ0v) is 11.3. The fourth-order valence-electron chi connectivity index (χ4n) is 2.25. The minimum Gasteiger partial charge on any atom is -0.437 e. The van der Waals surface area contributed by atoms with Crippen LogP contribution in [0.5, 0.6) is 0 Å². The van der Waals surface area contributed by atoms with E-state index in [1.807, 2.05) is 31.2 Å². The number of rotatable bonds is 2. The van der Waals surface area contributed by atoms with E-state index in [4.69, 9.17) is 9.15 Å². The van der Waals surface area contributed by atoms with E-state index < -0.39 is 0 Å². The number of amides is 1. The Morgan fingerprint density at radius 2 is 2.30 bits per heavy atom. The highest BCUT2D eigenvalue weighted by atomic mass is 16.5. The van der Waals surface area contributed by atoms with Gasteiger partial charge in [0.1, 0.15) is 5.52 Å². The first-order valence-electron chi connectivity index (χ1n) is 6.66. The number of morpholine rings is 1. The van der Waals surface area contributed by atoms with Crippen LogP contribution in [0.25, 0.3) is 17.2 Å². The molecule has 1 unspecified atom stereocenters. The predicted molar refractivity (Wildman–Crippen MR) is 75.0 cm³/mol. The van der Waals surface area contributed by atoms with Crippen LogP contribution >= 0.6 is 0 Å². The van der Waals surface area contributed by atoms with Crippen molar-refractivity contribution in [3.05, 3.63) is 36.2 Å². The Bertz CT molecular complexity index is 614. The zero-order chi connectivity index (χ0) is 13.9. The monoisotopic (exact) mass is 272 g/mol. The molecule has 1 aromatic heterocycles. The maximum Gasteiger partial charge on any atom is 0.247 e. The van der Waals surface area contributed by atoms with Crippen molar-refractivity contribution in [2.75, 3.05) is 19.8 Å². The first kappa shape index (κ1) is 12.9. The normalized spacial score (nSPS) is 19.9. The van der Waals surface area contributed by atoms with E-state index in [2.05, 4.69) is 4.98 Å². The molecule has 0 N–H and O–H groups in total. The Morgan fingerprint density at radius 1 is 1.45 bits per heavy atom. The molecule has 1 aliphatic rings. The summed E-state index contributed by atoms with van der Waals surface area (Å²) in [6, 6.07) is 7.62. The predicted octanol–water partition coefficient (Wildman–Crippen LogP) is 2.09. The number of para-hydroxylation sites is 2. The second-order valence-corrected chi connectivity index (χ2v) is 4.81. The van der Waals surface area contributed by atoms with Crippen molar-refractivity contribution in [3.63, 3.8) is 0 Å². The van der Waals surface area contributed by atoms with Gasteiger partial charge >= 0.3 is 0 Å². The number of aromatic nitrogens is 1. The Hall–Kier alpha value is -2.14. The van der Waals surface area contributed by atoms with Gasteiger partial charge in [0.15, 0.2) is 5.58 Å². The average molecular weight is 272 g/mol.